The van der Waals surface area contributed by atoms with Crippen LogP contribution in [-0.2, 0) is 6.54 Å². The molecule has 7 heteroatoms. The van der Waals surface area contributed by atoms with Crippen molar-refractivity contribution in [3.63, 3.8) is 0 Å². The summed E-state index contributed by atoms with van der Waals surface area (Å²) in [7, 11) is 1.73. The molecule has 3 aromatic rings. The molecule has 0 aliphatic carbocycles. The van der Waals surface area contributed by atoms with Crippen molar-refractivity contribution in [2.75, 3.05) is 12.8 Å². The quantitative estimate of drug-likeness (QED) is 0.633. The fourth-order valence-corrected chi connectivity index (χ4v) is 2.27. The first-order valence-electron chi connectivity index (χ1n) is 6.54. The molecule has 0 spiro atoms. The van der Waals surface area contributed by atoms with Crippen LogP contribution in [0.5, 0.6) is 0 Å². The minimum atomic E-state index is -0.0894. The van der Waals surface area contributed by atoms with Gasteiger partial charge in [0.1, 0.15) is 5.82 Å². The van der Waals surface area contributed by atoms with Crippen molar-refractivity contribution >= 4 is 22.5 Å². The Bertz CT molecular complexity index is 803. The smallest absolute Gasteiger partial charge is 0.256 e. The lowest BCUT2D eigenvalue weighted by atomic mass is 10.1. The standard InChI is InChI=1S/C14H16N6O/c1-8-17-13(19-18-8)7-20(2)14(21)11-6-16-12-5-9(15)3-4-10(11)12/h3-6,16H,7,15H2,1-2H3,(H,17,18,19). The second kappa shape index (κ2) is 4.93. The number of aromatic nitrogens is 4. The summed E-state index contributed by atoms with van der Waals surface area (Å²) in [4.78, 5) is 21.4. The molecule has 0 atom stereocenters. The predicted octanol–water partition coefficient (Wildman–Crippen LogP) is 1.45. The molecule has 21 heavy (non-hydrogen) atoms. The van der Waals surface area contributed by atoms with E-state index in [1.165, 1.54) is 0 Å². The molecule has 4 N–H and O–H groups in total. The lowest BCUT2D eigenvalue weighted by molar-refractivity contribution is 0.0783. The Labute approximate surface area is 121 Å². The molecule has 0 saturated carbocycles. The normalized spacial score (nSPS) is 11.0. The van der Waals surface area contributed by atoms with Crippen LogP contribution < -0.4 is 5.73 Å². The summed E-state index contributed by atoms with van der Waals surface area (Å²) < 4.78 is 0. The van der Waals surface area contributed by atoms with Gasteiger partial charge in [0.15, 0.2) is 5.82 Å². The molecule has 0 aliphatic heterocycles. The van der Waals surface area contributed by atoms with E-state index < -0.39 is 0 Å². The van der Waals surface area contributed by atoms with Crippen LogP contribution in [0, 0.1) is 6.92 Å². The van der Waals surface area contributed by atoms with Crippen molar-refractivity contribution < 1.29 is 4.79 Å². The fourth-order valence-electron chi connectivity index (χ4n) is 2.27. The van der Waals surface area contributed by atoms with E-state index in [1.807, 2.05) is 19.1 Å². The molecule has 0 radical (unpaired) electrons. The van der Waals surface area contributed by atoms with E-state index >= 15 is 0 Å². The number of nitrogens with zero attached hydrogens (tertiary/aromatic N) is 3. The monoisotopic (exact) mass is 284 g/mol. The first-order chi connectivity index (χ1) is 10.0. The number of aryl methyl sites for hydroxylation is 1. The highest BCUT2D eigenvalue weighted by Crippen LogP contribution is 2.22. The number of nitrogens with two attached hydrogens (primary N) is 1. The second-order valence-electron chi connectivity index (χ2n) is 5.01. The van der Waals surface area contributed by atoms with Crippen LogP contribution in [0.1, 0.15) is 22.0 Å². The van der Waals surface area contributed by atoms with Crippen LogP contribution in [0.15, 0.2) is 24.4 Å². The van der Waals surface area contributed by atoms with Gasteiger partial charge < -0.3 is 15.6 Å². The van der Waals surface area contributed by atoms with Crippen molar-refractivity contribution in [2.45, 2.75) is 13.5 Å². The Hall–Kier alpha value is -2.83. The number of hydrogen-bond acceptors (Lipinski definition) is 4. The molecule has 2 heterocycles. The van der Waals surface area contributed by atoms with Crippen LogP contribution >= 0.6 is 0 Å². The lowest BCUT2D eigenvalue weighted by Crippen LogP contribution is -2.26. The summed E-state index contributed by atoms with van der Waals surface area (Å²) in [5, 5.41) is 7.66. The van der Waals surface area contributed by atoms with Crippen molar-refractivity contribution in [3.05, 3.63) is 41.6 Å². The summed E-state index contributed by atoms with van der Waals surface area (Å²) >= 11 is 0. The van der Waals surface area contributed by atoms with Gasteiger partial charge in [-0.15, -0.1) is 0 Å². The number of nitrogen functional groups attached to an aromatic ring is 1. The highest BCUT2D eigenvalue weighted by Gasteiger charge is 2.17. The van der Waals surface area contributed by atoms with Crippen molar-refractivity contribution in [1.29, 1.82) is 0 Å². The molecule has 1 amide bonds. The number of anilines is 1. The third-order valence-electron chi connectivity index (χ3n) is 3.31. The number of fused-ring (bicyclic) bond motifs is 1. The van der Waals surface area contributed by atoms with E-state index in [4.69, 9.17) is 5.73 Å². The van der Waals surface area contributed by atoms with Crippen LogP contribution in [-0.4, -0.2) is 38.0 Å². The number of aromatic amines is 2. The summed E-state index contributed by atoms with van der Waals surface area (Å²) in [6.45, 7) is 2.17. The molecule has 0 bridgehead atoms. The Balaban J connectivity index is 1.86. The average molecular weight is 284 g/mol. The van der Waals surface area contributed by atoms with Gasteiger partial charge in [0, 0.05) is 29.8 Å². The van der Waals surface area contributed by atoms with Gasteiger partial charge in [-0.3, -0.25) is 9.89 Å². The van der Waals surface area contributed by atoms with Gasteiger partial charge in [0.2, 0.25) is 0 Å². The number of hydrogen-bond donors (Lipinski definition) is 3. The zero-order valence-corrected chi connectivity index (χ0v) is 11.8. The number of carbonyl (C=O) groups is 1. The number of carbonyl (C=O) groups excluding carboxylic acids is 1. The fraction of sp³-hybridized carbons (Fsp3) is 0.214. The maximum absolute atomic E-state index is 12.5. The SMILES string of the molecule is Cc1nc(CN(C)C(=O)c2c[nH]c3cc(N)ccc23)n[nH]1. The minimum Gasteiger partial charge on any atom is -0.399 e. The van der Waals surface area contributed by atoms with Gasteiger partial charge in [-0.2, -0.15) is 5.10 Å². The van der Waals surface area contributed by atoms with E-state index in [0.717, 1.165) is 16.7 Å². The maximum atomic E-state index is 12.5. The number of rotatable bonds is 3. The van der Waals surface area contributed by atoms with Gasteiger partial charge in [-0.05, 0) is 25.1 Å². The third kappa shape index (κ3) is 2.45. The molecule has 3 rings (SSSR count). The van der Waals surface area contributed by atoms with Gasteiger partial charge in [0.25, 0.3) is 5.91 Å². The molecule has 0 saturated heterocycles. The second-order valence-corrected chi connectivity index (χ2v) is 5.01. The van der Waals surface area contributed by atoms with Crippen LogP contribution in [0.4, 0.5) is 5.69 Å². The summed E-state index contributed by atoms with van der Waals surface area (Å²) in [6.07, 6.45) is 1.70. The Morgan fingerprint density at radius 1 is 1.43 bits per heavy atom. The highest BCUT2D eigenvalue weighted by atomic mass is 16.2. The predicted molar refractivity (Wildman–Crippen MR) is 79.6 cm³/mol. The molecular formula is C14H16N6O. The van der Waals surface area contributed by atoms with Crippen molar-refractivity contribution in [2.24, 2.45) is 0 Å². The summed E-state index contributed by atoms with van der Waals surface area (Å²) in [5.74, 6) is 1.23. The van der Waals surface area contributed by atoms with Crippen molar-refractivity contribution in [3.8, 4) is 0 Å². The highest BCUT2D eigenvalue weighted by molar-refractivity contribution is 6.07. The third-order valence-corrected chi connectivity index (χ3v) is 3.31. The Kier molecular flexibility index (Phi) is 3.09. The number of nitrogens with one attached hydrogen (secondary N) is 2. The Morgan fingerprint density at radius 2 is 2.24 bits per heavy atom. The van der Waals surface area contributed by atoms with Gasteiger partial charge >= 0.3 is 0 Å². The molecule has 108 valence electrons. The van der Waals surface area contributed by atoms with E-state index in [9.17, 15) is 4.79 Å². The molecule has 0 unspecified atom stereocenters. The largest absolute Gasteiger partial charge is 0.399 e. The van der Waals surface area contributed by atoms with Crippen molar-refractivity contribution in [1.82, 2.24) is 25.1 Å². The average Bonchev–Trinajstić information content (AvgIpc) is 3.03. The zero-order chi connectivity index (χ0) is 15.0. The van der Waals surface area contributed by atoms with Crippen LogP contribution in [0.3, 0.4) is 0 Å². The van der Waals surface area contributed by atoms with E-state index in [0.29, 0.717) is 23.6 Å². The van der Waals surface area contributed by atoms with E-state index in [-0.39, 0.29) is 5.91 Å². The molecule has 2 aromatic heterocycles. The number of benzene rings is 1. The first kappa shape index (κ1) is 13.2. The molecule has 0 fully saturated rings. The van der Waals surface area contributed by atoms with Crippen LogP contribution in [0.25, 0.3) is 10.9 Å². The number of amides is 1. The van der Waals surface area contributed by atoms with Gasteiger partial charge in [-0.25, -0.2) is 4.98 Å². The Morgan fingerprint density at radius 3 is 2.95 bits per heavy atom. The molecule has 1 aromatic carbocycles. The topological polar surface area (TPSA) is 104 Å². The van der Waals surface area contributed by atoms with E-state index in [1.54, 1.807) is 24.2 Å². The summed E-state index contributed by atoms with van der Waals surface area (Å²) in [5.41, 5.74) is 7.86. The van der Waals surface area contributed by atoms with Crippen LogP contribution in [0.2, 0.25) is 0 Å². The molecule has 7 nitrogen and oxygen atoms in total. The lowest BCUT2D eigenvalue weighted by Gasteiger charge is -2.14. The zero-order valence-electron chi connectivity index (χ0n) is 11.8. The molecule has 0 aliphatic rings. The maximum Gasteiger partial charge on any atom is 0.256 e. The minimum absolute atomic E-state index is 0.0894. The first-order valence-corrected chi connectivity index (χ1v) is 6.54. The summed E-state index contributed by atoms with van der Waals surface area (Å²) in [6, 6.07) is 5.44. The van der Waals surface area contributed by atoms with Gasteiger partial charge in [-0.1, -0.05) is 0 Å². The molecular weight excluding hydrogens is 268 g/mol. The van der Waals surface area contributed by atoms with Gasteiger partial charge in [0.05, 0.1) is 12.1 Å². The number of H-pyrrole nitrogens is 2. The van der Waals surface area contributed by atoms with E-state index in [2.05, 4.69) is 20.2 Å².